The molecule has 0 unspecified atom stereocenters. The molecule has 0 amide bonds. The number of hydrogen-bond donors (Lipinski definition) is 0. The number of carbonyl (C=O) groups is 4. The van der Waals surface area contributed by atoms with E-state index >= 15 is 0 Å². The molecule has 0 radical (unpaired) electrons. The lowest BCUT2D eigenvalue weighted by atomic mass is 9.80. The smallest absolute Gasteiger partial charge is 0.213 e. The summed E-state index contributed by atoms with van der Waals surface area (Å²) in [4.78, 5) is 53.5. The average molecular weight is 307 g/mol. The second-order valence-electron chi connectivity index (χ2n) is 5.53. The molecular weight excluding hydrogens is 294 g/mol. The molecule has 0 N–H and O–H groups in total. The van der Waals surface area contributed by atoms with Crippen LogP contribution in [0.1, 0.15) is 72.2 Å². The highest BCUT2D eigenvalue weighted by molar-refractivity contribution is 6.32. The van der Waals surface area contributed by atoms with Crippen LogP contribution in [0.4, 0.5) is 0 Å². The van der Waals surface area contributed by atoms with Gasteiger partial charge in [0.1, 0.15) is 5.69 Å². The fourth-order valence-corrected chi connectivity index (χ4v) is 2.83. The van der Waals surface area contributed by atoms with Crippen LogP contribution in [0.15, 0.2) is 24.3 Å². The number of ketones is 4. The molecule has 0 saturated carbocycles. The maximum atomic E-state index is 12.8. The monoisotopic (exact) mass is 307 g/mol. The Balaban J connectivity index is 2.43. The first-order chi connectivity index (χ1) is 10.8. The van der Waals surface area contributed by atoms with Gasteiger partial charge in [0.2, 0.25) is 5.78 Å². The highest BCUT2D eigenvalue weighted by Crippen LogP contribution is 2.31. The number of pyridine rings is 1. The van der Waals surface area contributed by atoms with Gasteiger partial charge in [-0.05, 0) is 45.0 Å². The molecule has 0 saturated heterocycles. The Hall–Kier alpha value is -2.95. The predicted molar refractivity (Wildman–Crippen MR) is 82.3 cm³/mol. The molecule has 1 heterocycles. The summed E-state index contributed by atoms with van der Waals surface area (Å²) in [6.07, 6.45) is 0. The number of hydrogen-bond acceptors (Lipinski definition) is 5. The molecule has 0 spiro atoms. The minimum Gasteiger partial charge on any atom is -0.294 e. The fraction of sp³-hybridized carbons (Fsp3) is 0.167. The van der Waals surface area contributed by atoms with Gasteiger partial charge in [0.05, 0.1) is 5.56 Å². The Kier molecular flexibility index (Phi) is 3.29. The minimum atomic E-state index is -0.494. The van der Waals surface area contributed by atoms with Gasteiger partial charge in [-0.1, -0.05) is 0 Å². The summed E-state index contributed by atoms with van der Waals surface area (Å²) in [5.74, 6) is -1.61. The third-order valence-corrected chi connectivity index (χ3v) is 3.91. The van der Waals surface area contributed by atoms with Crippen LogP contribution in [0.3, 0.4) is 0 Å². The quantitative estimate of drug-likeness (QED) is 0.680. The molecule has 0 bridgehead atoms. The molecule has 0 atom stereocenters. The van der Waals surface area contributed by atoms with E-state index in [1.807, 2.05) is 0 Å². The second kappa shape index (κ2) is 5.05. The molecule has 2 aromatic rings. The Labute approximate surface area is 132 Å². The fourth-order valence-electron chi connectivity index (χ4n) is 2.83. The number of aromatic nitrogens is 1. The van der Waals surface area contributed by atoms with E-state index in [0.717, 1.165) is 0 Å². The number of carbonyl (C=O) groups excluding carboxylic acids is 4. The van der Waals surface area contributed by atoms with Crippen LogP contribution in [0.2, 0.25) is 0 Å². The van der Waals surface area contributed by atoms with Gasteiger partial charge in [-0.2, -0.15) is 0 Å². The molecule has 114 valence electrons. The maximum absolute atomic E-state index is 12.8. The van der Waals surface area contributed by atoms with Crippen LogP contribution in [-0.4, -0.2) is 28.1 Å². The lowest BCUT2D eigenvalue weighted by molar-refractivity contribution is 0.0954. The topological polar surface area (TPSA) is 81.2 Å². The molecule has 0 fully saturated rings. The first kappa shape index (κ1) is 15.0. The number of aryl methyl sites for hydroxylation is 1. The van der Waals surface area contributed by atoms with Crippen molar-refractivity contribution in [2.75, 3.05) is 0 Å². The number of Topliss-reactive ketones (excluding diaryl/α,β-unsaturated/α-hetero) is 2. The van der Waals surface area contributed by atoms with Gasteiger partial charge in [0, 0.05) is 27.9 Å². The van der Waals surface area contributed by atoms with Crippen LogP contribution < -0.4 is 0 Å². The number of rotatable bonds is 2. The van der Waals surface area contributed by atoms with E-state index in [2.05, 4.69) is 4.98 Å². The molecule has 23 heavy (non-hydrogen) atoms. The zero-order chi connectivity index (χ0) is 16.9. The number of benzene rings is 1. The van der Waals surface area contributed by atoms with Crippen molar-refractivity contribution in [3.05, 3.63) is 63.5 Å². The van der Waals surface area contributed by atoms with Gasteiger partial charge < -0.3 is 0 Å². The van der Waals surface area contributed by atoms with Crippen molar-refractivity contribution in [3.8, 4) is 0 Å². The van der Waals surface area contributed by atoms with Crippen molar-refractivity contribution >= 4 is 23.1 Å². The molecule has 5 heteroatoms. The van der Waals surface area contributed by atoms with Gasteiger partial charge in [-0.3, -0.25) is 19.2 Å². The van der Waals surface area contributed by atoms with Crippen LogP contribution in [-0.2, 0) is 0 Å². The number of nitrogens with zero attached hydrogens (tertiary/aromatic N) is 1. The molecular formula is C18H13NO4. The largest absolute Gasteiger partial charge is 0.294 e. The van der Waals surface area contributed by atoms with Crippen molar-refractivity contribution < 1.29 is 19.2 Å². The van der Waals surface area contributed by atoms with Crippen molar-refractivity contribution in [1.82, 2.24) is 4.98 Å². The lowest BCUT2D eigenvalue weighted by Crippen LogP contribution is -2.27. The van der Waals surface area contributed by atoms with E-state index in [9.17, 15) is 19.2 Å². The van der Waals surface area contributed by atoms with Crippen LogP contribution in [0.5, 0.6) is 0 Å². The van der Waals surface area contributed by atoms with E-state index in [1.165, 1.54) is 32.0 Å². The van der Waals surface area contributed by atoms with E-state index in [1.54, 1.807) is 13.0 Å². The first-order valence-electron chi connectivity index (χ1n) is 7.09. The van der Waals surface area contributed by atoms with E-state index in [0.29, 0.717) is 5.69 Å². The van der Waals surface area contributed by atoms with E-state index in [4.69, 9.17) is 0 Å². The summed E-state index contributed by atoms with van der Waals surface area (Å²) in [5.41, 5.74) is 1.07. The molecule has 5 nitrogen and oxygen atoms in total. The van der Waals surface area contributed by atoms with Crippen LogP contribution in [0, 0.1) is 6.92 Å². The Morgan fingerprint density at radius 1 is 0.826 bits per heavy atom. The summed E-state index contributed by atoms with van der Waals surface area (Å²) >= 11 is 0. The van der Waals surface area contributed by atoms with Crippen molar-refractivity contribution in [2.45, 2.75) is 20.8 Å². The third kappa shape index (κ3) is 2.12. The zero-order valence-corrected chi connectivity index (χ0v) is 12.9. The number of fused-ring (bicyclic) bond motifs is 2. The van der Waals surface area contributed by atoms with Crippen LogP contribution in [0.25, 0.3) is 0 Å². The van der Waals surface area contributed by atoms with Gasteiger partial charge in [-0.25, -0.2) is 4.98 Å². The molecule has 1 aromatic carbocycles. The van der Waals surface area contributed by atoms with E-state index in [-0.39, 0.29) is 45.1 Å². The Morgan fingerprint density at radius 3 is 1.87 bits per heavy atom. The van der Waals surface area contributed by atoms with E-state index < -0.39 is 11.6 Å². The molecule has 1 aliphatic rings. The summed E-state index contributed by atoms with van der Waals surface area (Å²) in [7, 11) is 0. The van der Waals surface area contributed by atoms with Gasteiger partial charge in [0.15, 0.2) is 17.3 Å². The van der Waals surface area contributed by atoms with Gasteiger partial charge in [0.25, 0.3) is 0 Å². The predicted octanol–water partition coefficient (Wildman–Crippen LogP) is 2.57. The highest BCUT2D eigenvalue weighted by Gasteiger charge is 2.36. The molecule has 1 aromatic heterocycles. The first-order valence-corrected chi connectivity index (χ1v) is 7.09. The third-order valence-electron chi connectivity index (χ3n) is 3.91. The van der Waals surface area contributed by atoms with Crippen LogP contribution >= 0.6 is 0 Å². The standard InChI is InChI=1S/C18H13NO4/c1-8-4-5-13-16(19-8)18(23)15-12(10(3)21)7-6-11(9(2)20)14(15)17(13)22/h4-7H,1-3H3. The lowest BCUT2D eigenvalue weighted by Gasteiger charge is -2.21. The summed E-state index contributed by atoms with van der Waals surface area (Å²) in [6, 6.07) is 6.02. The SMILES string of the molecule is CC(=O)c1ccc(C(C)=O)c2c1C(=O)c1ccc(C)nc1C2=O. The summed E-state index contributed by atoms with van der Waals surface area (Å²) in [6.45, 7) is 4.36. The maximum Gasteiger partial charge on any atom is 0.213 e. The van der Waals surface area contributed by atoms with Crippen molar-refractivity contribution in [3.63, 3.8) is 0 Å². The normalized spacial score (nSPS) is 12.7. The minimum absolute atomic E-state index is 0.00773. The Bertz CT molecular complexity index is 925. The average Bonchev–Trinajstić information content (AvgIpc) is 2.50. The summed E-state index contributed by atoms with van der Waals surface area (Å²) < 4.78 is 0. The molecule has 1 aliphatic carbocycles. The summed E-state index contributed by atoms with van der Waals surface area (Å²) in [5, 5.41) is 0. The molecule has 0 aliphatic heterocycles. The highest BCUT2D eigenvalue weighted by atomic mass is 16.1. The Morgan fingerprint density at radius 2 is 1.35 bits per heavy atom. The second-order valence-corrected chi connectivity index (χ2v) is 5.53. The van der Waals surface area contributed by atoms with Gasteiger partial charge >= 0.3 is 0 Å². The van der Waals surface area contributed by atoms with Crippen molar-refractivity contribution in [2.24, 2.45) is 0 Å². The van der Waals surface area contributed by atoms with Gasteiger partial charge in [-0.15, -0.1) is 0 Å². The van der Waals surface area contributed by atoms with Crippen molar-refractivity contribution in [1.29, 1.82) is 0 Å². The zero-order valence-electron chi connectivity index (χ0n) is 12.9. The molecule has 3 rings (SSSR count).